The van der Waals surface area contributed by atoms with Gasteiger partial charge in [0, 0.05) is 12.5 Å². The molecular weight excluding hydrogens is 400 g/mol. The van der Waals surface area contributed by atoms with Crippen LogP contribution in [0.2, 0.25) is 0 Å². The van der Waals surface area contributed by atoms with Crippen molar-refractivity contribution in [2.24, 2.45) is 0 Å². The second-order valence-corrected chi connectivity index (χ2v) is 7.46. The molecule has 31 heavy (non-hydrogen) atoms. The number of ketones is 1. The monoisotopic (exact) mass is 423 g/mol. The highest BCUT2D eigenvalue weighted by atomic mass is 19.1. The number of ether oxygens (including phenoxy) is 1. The van der Waals surface area contributed by atoms with Crippen LogP contribution in [0.5, 0.6) is 5.75 Å². The number of hydrogen-bond donors (Lipinski definition) is 1. The van der Waals surface area contributed by atoms with Gasteiger partial charge in [-0.3, -0.25) is 9.59 Å². The van der Waals surface area contributed by atoms with Gasteiger partial charge in [0.05, 0.1) is 5.56 Å². The van der Waals surface area contributed by atoms with E-state index in [0.717, 1.165) is 0 Å². The molecule has 1 amide bonds. The summed E-state index contributed by atoms with van der Waals surface area (Å²) in [5, 5.41) is 2.73. The van der Waals surface area contributed by atoms with Crippen molar-refractivity contribution >= 4 is 11.7 Å². The Bertz CT molecular complexity index is 1100. The molecule has 0 aromatic heterocycles. The summed E-state index contributed by atoms with van der Waals surface area (Å²) in [4.78, 5) is 24.5. The maximum Gasteiger partial charge on any atom is 0.258 e. The molecule has 3 aromatic rings. The maximum atomic E-state index is 14.3. The van der Waals surface area contributed by atoms with Gasteiger partial charge >= 0.3 is 0 Å². The zero-order chi connectivity index (χ0) is 22.4. The lowest BCUT2D eigenvalue weighted by Crippen LogP contribution is -2.34. The highest BCUT2D eigenvalue weighted by molar-refractivity contribution is 5.98. The number of amides is 1. The summed E-state index contributed by atoms with van der Waals surface area (Å²) in [6.07, 6.45) is -0.0427. The van der Waals surface area contributed by atoms with Gasteiger partial charge in [-0.2, -0.15) is 0 Å². The molecule has 3 rings (SSSR count). The van der Waals surface area contributed by atoms with Gasteiger partial charge in [0.2, 0.25) is 0 Å². The van der Waals surface area contributed by atoms with Crippen molar-refractivity contribution in [1.29, 1.82) is 0 Å². The molecule has 0 radical (unpaired) electrons. The van der Waals surface area contributed by atoms with Gasteiger partial charge in [-0.1, -0.05) is 30.3 Å². The largest absolute Gasteiger partial charge is 0.484 e. The van der Waals surface area contributed by atoms with Crippen molar-refractivity contribution < 1.29 is 23.1 Å². The van der Waals surface area contributed by atoms with Gasteiger partial charge in [0.25, 0.3) is 5.91 Å². The molecule has 0 atom stereocenters. The first kappa shape index (κ1) is 22.2. The summed E-state index contributed by atoms with van der Waals surface area (Å²) < 4.78 is 33.3. The number of carbonyl (C=O) groups excluding carboxylic acids is 2. The van der Waals surface area contributed by atoms with E-state index in [4.69, 9.17) is 4.74 Å². The Morgan fingerprint density at radius 2 is 1.68 bits per heavy atom. The van der Waals surface area contributed by atoms with Gasteiger partial charge < -0.3 is 10.1 Å². The normalized spacial score (nSPS) is 10.7. The number of hydrogen-bond acceptors (Lipinski definition) is 3. The van der Waals surface area contributed by atoms with Gasteiger partial charge in [-0.05, 0) is 66.9 Å². The van der Waals surface area contributed by atoms with Crippen molar-refractivity contribution in [2.75, 3.05) is 6.61 Å². The third-order valence-electron chi connectivity index (χ3n) is 4.51. The molecule has 6 heteroatoms. The van der Waals surface area contributed by atoms with Gasteiger partial charge in [0.15, 0.2) is 12.4 Å². The van der Waals surface area contributed by atoms with Gasteiger partial charge in [-0.25, -0.2) is 8.78 Å². The molecule has 0 unspecified atom stereocenters. The first-order valence-corrected chi connectivity index (χ1v) is 9.91. The number of halogens is 2. The molecular formula is C25H23F2NO3. The van der Waals surface area contributed by atoms with E-state index in [9.17, 15) is 18.4 Å². The molecule has 4 nitrogen and oxygen atoms in total. The van der Waals surface area contributed by atoms with Crippen molar-refractivity contribution in [3.8, 4) is 16.9 Å². The summed E-state index contributed by atoms with van der Waals surface area (Å²) in [6.45, 7) is 3.57. The number of nitrogens with one attached hydrogen (secondary N) is 1. The summed E-state index contributed by atoms with van der Waals surface area (Å²) in [5.74, 6) is -1.26. The van der Waals surface area contributed by atoms with Crippen LogP contribution in [0.25, 0.3) is 11.1 Å². The lowest BCUT2D eigenvalue weighted by atomic mass is 9.97. The van der Waals surface area contributed by atoms with Crippen LogP contribution >= 0.6 is 0 Å². The van der Waals surface area contributed by atoms with Crippen LogP contribution in [0, 0.1) is 11.6 Å². The van der Waals surface area contributed by atoms with E-state index in [1.807, 2.05) is 13.8 Å². The van der Waals surface area contributed by atoms with Crippen LogP contribution < -0.4 is 10.1 Å². The van der Waals surface area contributed by atoms with E-state index in [-0.39, 0.29) is 30.5 Å². The zero-order valence-electron chi connectivity index (χ0n) is 17.3. The fraction of sp³-hybridized carbons (Fsp3) is 0.200. The SMILES string of the molecule is CC(C)NC(=O)COc1cccc(CC(=O)c2cc(-c3cccc(F)c3)ccc2F)c1. The summed E-state index contributed by atoms with van der Waals surface area (Å²) in [5.41, 5.74) is 1.67. The van der Waals surface area contributed by atoms with E-state index < -0.39 is 17.4 Å². The summed E-state index contributed by atoms with van der Waals surface area (Å²) >= 11 is 0. The van der Waals surface area contributed by atoms with Crippen molar-refractivity contribution in [3.05, 3.63) is 89.5 Å². The fourth-order valence-corrected chi connectivity index (χ4v) is 3.12. The lowest BCUT2D eigenvalue weighted by molar-refractivity contribution is -0.123. The standard InChI is InChI=1S/C25H23F2NO3/c1-16(2)28-25(30)15-31-21-8-3-5-17(11-21)12-24(29)22-14-19(9-10-23(22)27)18-6-4-7-20(26)13-18/h3-11,13-14,16H,12,15H2,1-2H3,(H,28,30). The van der Waals surface area contributed by atoms with E-state index in [1.165, 1.54) is 30.3 Å². The average molecular weight is 423 g/mol. The molecule has 1 N–H and O–H groups in total. The Balaban J connectivity index is 1.73. The Hall–Kier alpha value is -3.54. The van der Waals surface area contributed by atoms with E-state index in [1.54, 1.807) is 36.4 Å². The maximum absolute atomic E-state index is 14.3. The van der Waals surface area contributed by atoms with E-state index in [2.05, 4.69) is 5.32 Å². The highest BCUT2D eigenvalue weighted by Crippen LogP contribution is 2.24. The summed E-state index contributed by atoms with van der Waals surface area (Å²) in [7, 11) is 0. The minimum Gasteiger partial charge on any atom is -0.484 e. The predicted molar refractivity (Wildman–Crippen MR) is 115 cm³/mol. The first-order valence-electron chi connectivity index (χ1n) is 9.91. The second-order valence-electron chi connectivity index (χ2n) is 7.46. The van der Waals surface area contributed by atoms with Crippen LogP contribution in [0.3, 0.4) is 0 Å². The molecule has 0 aliphatic heterocycles. The molecule has 160 valence electrons. The van der Waals surface area contributed by atoms with Crippen LogP contribution in [-0.4, -0.2) is 24.3 Å². The minimum atomic E-state index is -0.636. The third-order valence-corrected chi connectivity index (χ3v) is 4.51. The van der Waals surface area contributed by atoms with Crippen LogP contribution in [0.1, 0.15) is 29.8 Å². The first-order chi connectivity index (χ1) is 14.8. The van der Waals surface area contributed by atoms with Crippen LogP contribution in [0.4, 0.5) is 8.78 Å². The zero-order valence-corrected chi connectivity index (χ0v) is 17.3. The van der Waals surface area contributed by atoms with Crippen molar-refractivity contribution in [1.82, 2.24) is 5.32 Å². The molecule has 0 aliphatic rings. The number of rotatable bonds is 8. The molecule has 0 bridgehead atoms. The van der Waals surface area contributed by atoms with Gasteiger partial charge in [0.1, 0.15) is 17.4 Å². The number of carbonyl (C=O) groups is 2. The Morgan fingerprint density at radius 1 is 0.935 bits per heavy atom. The smallest absolute Gasteiger partial charge is 0.258 e. The van der Waals surface area contributed by atoms with Crippen molar-refractivity contribution in [2.45, 2.75) is 26.3 Å². The van der Waals surface area contributed by atoms with E-state index >= 15 is 0 Å². The minimum absolute atomic E-state index is 0.0121. The van der Waals surface area contributed by atoms with Crippen LogP contribution in [0.15, 0.2) is 66.7 Å². The number of benzene rings is 3. The molecule has 0 saturated heterocycles. The van der Waals surface area contributed by atoms with Crippen molar-refractivity contribution in [3.63, 3.8) is 0 Å². The topological polar surface area (TPSA) is 55.4 Å². The third kappa shape index (κ3) is 6.22. The van der Waals surface area contributed by atoms with Crippen LogP contribution in [-0.2, 0) is 11.2 Å². The lowest BCUT2D eigenvalue weighted by Gasteiger charge is -2.11. The quantitative estimate of drug-likeness (QED) is 0.521. The average Bonchev–Trinajstić information content (AvgIpc) is 2.72. The molecule has 0 fully saturated rings. The molecule has 0 saturated carbocycles. The second kappa shape index (κ2) is 9.98. The Labute approximate surface area is 179 Å². The highest BCUT2D eigenvalue weighted by Gasteiger charge is 2.15. The molecule has 0 heterocycles. The predicted octanol–water partition coefficient (Wildman–Crippen LogP) is 4.96. The summed E-state index contributed by atoms with van der Waals surface area (Å²) in [6, 6.07) is 16.8. The van der Waals surface area contributed by atoms with Gasteiger partial charge in [-0.15, -0.1) is 0 Å². The Morgan fingerprint density at radius 3 is 2.42 bits per heavy atom. The molecule has 3 aromatic carbocycles. The Kier molecular flexibility index (Phi) is 7.13. The molecule has 0 spiro atoms. The fourth-order valence-electron chi connectivity index (χ4n) is 3.12. The number of Topliss-reactive ketones (excluding diaryl/α,β-unsaturated/α-hetero) is 1. The van der Waals surface area contributed by atoms with E-state index in [0.29, 0.717) is 22.4 Å². The molecule has 0 aliphatic carbocycles.